The van der Waals surface area contributed by atoms with Crippen molar-refractivity contribution < 1.29 is 28.4 Å². The van der Waals surface area contributed by atoms with Crippen LogP contribution < -0.4 is 21.3 Å². The number of imide groups is 1. The highest BCUT2D eigenvalue weighted by Gasteiger charge is 2.72. The fourth-order valence-corrected chi connectivity index (χ4v) is 10.2. The molecule has 1 unspecified atom stereocenters. The lowest BCUT2D eigenvalue weighted by Gasteiger charge is -2.47. The van der Waals surface area contributed by atoms with Gasteiger partial charge in [-0.15, -0.1) is 0 Å². The van der Waals surface area contributed by atoms with Gasteiger partial charge in [-0.3, -0.25) is 34.6 Å². The smallest absolute Gasteiger partial charge is 0.255 e. The predicted octanol–water partition coefficient (Wildman–Crippen LogP) is 5.68. The van der Waals surface area contributed by atoms with E-state index < -0.39 is 40.7 Å². The molecule has 53 heavy (non-hydrogen) atoms. The van der Waals surface area contributed by atoms with Gasteiger partial charge in [-0.1, -0.05) is 72.8 Å². The summed E-state index contributed by atoms with van der Waals surface area (Å²) in [5.41, 5.74) is 1.81. The van der Waals surface area contributed by atoms with Gasteiger partial charge in [-0.05, 0) is 85.0 Å². The van der Waals surface area contributed by atoms with Crippen molar-refractivity contribution in [2.24, 2.45) is 0 Å². The molecule has 10 nitrogen and oxygen atoms in total. The van der Waals surface area contributed by atoms with Crippen molar-refractivity contribution >= 4 is 58.4 Å². The Balaban J connectivity index is 1.01. The van der Waals surface area contributed by atoms with Crippen LogP contribution >= 0.6 is 23.2 Å². The minimum Gasteiger partial charge on any atom is -0.355 e. The number of aryl methyl sites for hydroxylation is 1. The summed E-state index contributed by atoms with van der Waals surface area (Å²) in [5, 5.41) is 12.5. The van der Waals surface area contributed by atoms with Gasteiger partial charge in [0, 0.05) is 47.2 Å². The summed E-state index contributed by atoms with van der Waals surface area (Å²) in [4.78, 5) is 67.9. The molecule has 4 N–H and O–H groups in total. The molecule has 2 spiro atoms. The number of carbonyl (C=O) groups is 5. The van der Waals surface area contributed by atoms with Crippen LogP contribution in [0, 0.1) is 5.82 Å². The zero-order chi connectivity index (χ0) is 37.1. The zero-order valence-corrected chi connectivity index (χ0v) is 30.5. The maximum absolute atomic E-state index is 16.1. The Morgan fingerprint density at radius 2 is 1.75 bits per heavy atom. The Labute approximate surface area is 316 Å². The monoisotopic (exact) mass is 759 g/mol. The SMILES string of the molecule is O=C1CCC(N2Cc3c(CCCCNC(=O)[C@@H]4NC5(CCCCC5)[C@@]5(C(=O)Nc6cc(Cl)ccc65)[C@H]4c4cccc(Cl)c4F)cccc3C2=O)C(=O)N1. The third-order valence-electron chi connectivity index (χ3n) is 12.2. The number of piperidine rings is 1. The van der Waals surface area contributed by atoms with Crippen LogP contribution in [0.2, 0.25) is 10.0 Å². The number of hydrogen-bond acceptors (Lipinski definition) is 6. The van der Waals surface area contributed by atoms with E-state index in [1.54, 1.807) is 35.2 Å². The Kier molecular flexibility index (Phi) is 9.31. The van der Waals surface area contributed by atoms with Crippen LogP contribution in [0.5, 0.6) is 0 Å². The van der Waals surface area contributed by atoms with E-state index in [9.17, 15) is 24.0 Å². The Morgan fingerprint density at radius 1 is 0.962 bits per heavy atom. The molecule has 0 radical (unpaired) electrons. The topological polar surface area (TPSA) is 137 Å². The van der Waals surface area contributed by atoms with E-state index >= 15 is 4.39 Å². The average molecular weight is 761 g/mol. The highest BCUT2D eigenvalue weighted by molar-refractivity contribution is 6.31. The molecular weight excluding hydrogens is 720 g/mol. The Bertz CT molecular complexity index is 2050. The van der Waals surface area contributed by atoms with Crippen molar-refractivity contribution in [1.82, 2.24) is 20.9 Å². The number of nitrogens with zero attached hydrogens (tertiary/aromatic N) is 1. The number of unbranched alkanes of at least 4 members (excludes halogenated alkanes) is 1. The van der Waals surface area contributed by atoms with Crippen molar-refractivity contribution in [2.75, 3.05) is 11.9 Å². The molecule has 8 rings (SSSR count). The van der Waals surface area contributed by atoms with E-state index in [2.05, 4.69) is 21.3 Å². The molecule has 1 aliphatic carbocycles. The Hall–Kier alpha value is -4.32. The minimum atomic E-state index is -1.30. The molecule has 5 amide bonds. The van der Waals surface area contributed by atoms with Crippen molar-refractivity contribution in [3.8, 4) is 0 Å². The standard InChI is InChI=1S/C40H40Cl2FN5O5/c41-23-13-14-27-29(20-23)45-38(53)40(27)32(25-11-7-12-28(42)33(25)43)34(47-39(40)17-3-1-4-18-39)36(51)44-19-5-2-8-22-9-6-10-24-26(22)21-48(37(24)52)30-15-16-31(49)46-35(30)50/h6-7,9-14,20,30,32,34,47H,1-5,8,15-19,21H2,(H,44,51)(H,45,53)(H,46,49,50)/t30?,32-,34+,40+/m0/s1. The van der Waals surface area contributed by atoms with E-state index in [0.29, 0.717) is 73.5 Å². The number of nitrogens with one attached hydrogen (secondary N) is 4. The van der Waals surface area contributed by atoms with E-state index in [-0.39, 0.29) is 40.6 Å². The van der Waals surface area contributed by atoms with Gasteiger partial charge in [0.1, 0.15) is 17.3 Å². The van der Waals surface area contributed by atoms with Gasteiger partial charge in [-0.25, -0.2) is 4.39 Å². The number of carbonyl (C=O) groups excluding carboxylic acids is 5. The third kappa shape index (κ3) is 5.74. The lowest BCUT2D eigenvalue weighted by molar-refractivity contribution is -0.137. The molecule has 3 fully saturated rings. The summed E-state index contributed by atoms with van der Waals surface area (Å²) in [5.74, 6) is -3.14. The molecule has 0 aromatic heterocycles. The number of amides is 5. The van der Waals surface area contributed by atoms with Crippen LogP contribution in [-0.2, 0) is 37.6 Å². The number of hydrogen-bond donors (Lipinski definition) is 4. The van der Waals surface area contributed by atoms with E-state index in [1.165, 1.54) is 6.07 Å². The molecular formula is C40H40Cl2FN5O5. The second-order valence-electron chi connectivity index (χ2n) is 14.9. The van der Waals surface area contributed by atoms with E-state index in [4.69, 9.17) is 23.2 Å². The highest BCUT2D eigenvalue weighted by atomic mass is 35.5. The van der Waals surface area contributed by atoms with E-state index in [0.717, 1.165) is 30.4 Å². The van der Waals surface area contributed by atoms with Crippen LogP contribution in [0.25, 0.3) is 0 Å². The summed E-state index contributed by atoms with van der Waals surface area (Å²) >= 11 is 12.7. The fourth-order valence-electron chi connectivity index (χ4n) is 9.86. The molecule has 5 aliphatic rings. The van der Waals surface area contributed by atoms with Gasteiger partial charge < -0.3 is 15.5 Å². The molecule has 13 heteroatoms. The quantitative estimate of drug-likeness (QED) is 0.172. The van der Waals surface area contributed by atoms with Gasteiger partial charge in [-0.2, -0.15) is 0 Å². The minimum absolute atomic E-state index is 0.0783. The van der Waals surface area contributed by atoms with Crippen LogP contribution in [-0.4, -0.2) is 58.6 Å². The fraction of sp³-hybridized carbons (Fsp3) is 0.425. The van der Waals surface area contributed by atoms with Gasteiger partial charge in [0.05, 0.1) is 11.1 Å². The van der Waals surface area contributed by atoms with Crippen molar-refractivity contribution in [3.05, 3.63) is 98.3 Å². The first-order valence-electron chi connectivity index (χ1n) is 18.4. The first kappa shape index (κ1) is 35.7. The van der Waals surface area contributed by atoms with E-state index in [1.807, 2.05) is 18.2 Å². The molecule has 4 heterocycles. The zero-order valence-electron chi connectivity index (χ0n) is 29.0. The maximum atomic E-state index is 16.1. The van der Waals surface area contributed by atoms with Gasteiger partial charge >= 0.3 is 0 Å². The summed E-state index contributed by atoms with van der Waals surface area (Å²) < 4.78 is 16.1. The molecule has 2 saturated heterocycles. The van der Waals surface area contributed by atoms with Crippen molar-refractivity contribution in [2.45, 2.75) is 99.7 Å². The number of anilines is 1. The third-order valence-corrected chi connectivity index (χ3v) is 12.7. The Morgan fingerprint density at radius 3 is 2.55 bits per heavy atom. The normalized spacial score (nSPS) is 25.8. The lowest BCUT2D eigenvalue weighted by Crippen LogP contribution is -2.60. The van der Waals surface area contributed by atoms with Crippen LogP contribution in [0.4, 0.5) is 10.1 Å². The average Bonchev–Trinajstić information content (AvgIpc) is 3.73. The molecule has 1 saturated carbocycles. The summed E-state index contributed by atoms with van der Waals surface area (Å²) in [6.45, 7) is 0.644. The first-order chi connectivity index (χ1) is 25.6. The van der Waals surface area contributed by atoms with Crippen LogP contribution in [0.1, 0.15) is 96.3 Å². The molecule has 3 aromatic rings. The summed E-state index contributed by atoms with van der Waals surface area (Å²) in [6, 6.07) is 14.0. The largest absolute Gasteiger partial charge is 0.355 e. The molecule has 4 aliphatic heterocycles. The van der Waals surface area contributed by atoms with Crippen LogP contribution in [0.3, 0.4) is 0 Å². The molecule has 3 aromatic carbocycles. The number of benzene rings is 3. The molecule has 276 valence electrons. The second-order valence-corrected chi connectivity index (χ2v) is 15.8. The van der Waals surface area contributed by atoms with Crippen molar-refractivity contribution in [3.63, 3.8) is 0 Å². The maximum Gasteiger partial charge on any atom is 0.255 e. The number of halogens is 3. The molecule has 4 atom stereocenters. The molecule has 0 bridgehead atoms. The first-order valence-corrected chi connectivity index (χ1v) is 19.2. The predicted molar refractivity (Wildman–Crippen MR) is 197 cm³/mol. The number of rotatable bonds is 8. The van der Waals surface area contributed by atoms with Crippen LogP contribution in [0.15, 0.2) is 54.6 Å². The second kappa shape index (κ2) is 13.8. The van der Waals surface area contributed by atoms with Gasteiger partial charge in [0.25, 0.3) is 5.91 Å². The van der Waals surface area contributed by atoms with Gasteiger partial charge in [0.15, 0.2) is 0 Å². The number of fused-ring (bicyclic) bond motifs is 4. The lowest BCUT2D eigenvalue weighted by atomic mass is 9.55. The highest BCUT2D eigenvalue weighted by Crippen LogP contribution is 2.62. The summed E-state index contributed by atoms with van der Waals surface area (Å²) in [7, 11) is 0. The van der Waals surface area contributed by atoms with Gasteiger partial charge in [0.2, 0.25) is 23.6 Å². The summed E-state index contributed by atoms with van der Waals surface area (Å²) in [6.07, 6.45) is 6.44. The van der Waals surface area contributed by atoms with Crippen molar-refractivity contribution in [1.29, 1.82) is 0 Å².